The van der Waals surface area contributed by atoms with Crippen LogP contribution in [0.4, 0.5) is 0 Å². The van der Waals surface area contributed by atoms with Crippen LogP contribution in [0.25, 0.3) is 10.9 Å². The smallest absolute Gasteiger partial charge is 0.254 e. The van der Waals surface area contributed by atoms with Crippen LogP contribution in [0.3, 0.4) is 0 Å². The van der Waals surface area contributed by atoms with Crippen molar-refractivity contribution in [1.82, 2.24) is 14.9 Å². The summed E-state index contributed by atoms with van der Waals surface area (Å²) in [5.74, 6) is 0.567. The van der Waals surface area contributed by atoms with E-state index in [1.165, 1.54) is 12.8 Å². The van der Waals surface area contributed by atoms with E-state index in [0.717, 1.165) is 32.0 Å². The first-order valence-corrected chi connectivity index (χ1v) is 9.00. The average molecular weight is 337 g/mol. The Bertz CT molecular complexity index is 914. The van der Waals surface area contributed by atoms with E-state index in [0.29, 0.717) is 12.5 Å². The molecule has 0 N–H and O–H groups in total. The number of hydrogen-bond acceptors (Lipinski definition) is 4. The second-order valence-electron chi connectivity index (χ2n) is 6.39. The third kappa shape index (κ3) is 2.91. The summed E-state index contributed by atoms with van der Waals surface area (Å²) in [6.45, 7) is 2.56. The molecule has 4 nitrogen and oxygen atoms in total. The summed E-state index contributed by atoms with van der Waals surface area (Å²) >= 11 is 1.63. The molecule has 0 radical (unpaired) electrons. The lowest BCUT2D eigenvalue weighted by molar-refractivity contribution is 0.0788. The third-order valence-corrected chi connectivity index (χ3v) is 5.27. The van der Waals surface area contributed by atoms with Crippen molar-refractivity contribution >= 4 is 28.1 Å². The number of amides is 1. The van der Waals surface area contributed by atoms with Crippen LogP contribution in [0.2, 0.25) is 0 Å². The van der Waals surface area contributed by atoms with E-state index in [4.69, 9.17) is 4.98 Å². The molecular weight excluding hydrogens is 318 g/mol. The van der Waals surface area contributed by atoms with Gasteiger partial charge in [0.15, 0.2) is 0 Å². The molecular formula is C19H19N3OS. The van der Waals surface area contributed by atoms with E-state index >= 15 is 0 Å². The monoisotopic (exact) mass is 337 g/mol. The Morgan fingerprint density at radius 1 is 1.33 bits per heavy atom. The normalized spacial score (nSPS) is 14.1. The Hall–Kier alpha value is -2.27. The first-order chi connectivity index (χ1) is 11.6. The lowest BCUT2D eigenvalue weighted by Crippen LogP contribution is -2.26. The number of thiazole rings is 1. The van der Waals surface area contributed by atoms with E-state index in [-0.39, 0.29) is 5.91 Å². The molecule has 1 aromatic carbocycles. The number of carbonyl (C=O) groups excluding carboxylic acids is 1. The quantitative estimate of drug-likeness (QED) is 0.718. The van der Waals surface area contributed by atoms with E-state index in [9.17, 15) is 4.79 Å². The van der Waals surface area contributed by atoms with Gasteiger partial charge in [0.1, 0.15) is 0 Å². The maximum Gasteiger partial charge on any atom is 0.254 e. The molecule has 24 heavy (non-hydrogen) atoms. The van der Waals surface area contributed by atoms with Crippen molar-refractivity contribution in [2.75, 3.05) is 7.05 Å². The van der Waals surface area contributed by atoms with E-state index < -0.39 is 0 Å². The lowest BCUT2D eigenvalue weighted by atomic mass is 10.0. The maximum absolute atomic E-state index is 13.0. The van der Waals surface area contributed by atoms with Gasteiger partial charge in [-0.1, -0.05) is 18.2 Å². The number of aryl methyl sites for hydroxylation is 1. The van der Waals surface area contributed by atoms with Crippen molar-refractivity contribution in [3.8, 4) is 0 Å². The van der Waals surface area contributed by atoms with Crippen molar-refractivity contribution in [3.63, 3.8) is 0 Å². The Morgan fingerprint density at radius 2 is 2.12 bits per heavy atom. The average Bonchev–Trinajstić information content (AvgIpc) is 3.36. The summed E-state index contributed by atoms with van der Waals surface area (Å²) in [7, 11) is 1.85. The Morgan fingerprint density at radius 3 is 2.83 bits per heavy atom. The van der Waals surface area contributed by atoms with Gasteiger partial charge in [0.05, 0.1) is 22.6 Å². The molecule has 1 fully saturated rings. The van der Waals surface area contributed by atoms with Gasteiger partial charge in [0.2, 0.25) is 0 Å². The van der Waals surface area contributed by atoms with Crippen LogP contribution in [0, 0.1) is 6.92 Å². The first kappa shape index (κ1) is 15.3. The highest BCUT2D eigenvalue weighted by atomic mass is 32.1. The minimum Gasteiger partial charge on any atom is -0.336 e. The second-order valence-corrected chi connectivity index (χ2v) is 7.71. The van der Waals surface area contributed by atoms with Gasteiger partial charge in [0.25, 0.3) is 5.91 Å². The van der Waals surface area contributed by atoms with Crippen LogP contribution >= 0.6 is 11.3 Å². The van der Waals surface area contributed by atoms with Gasteiger partial charge in [-0.05, 0) is 31.9 Å². The van der Waals surface area contributed by atoms with Gasteiger partial charge < -0.3 is 4.90 Å². The summed E-state index contributed by atoms with van der Waals surface area (Å²) in [4.78, 5) is 24.9. The van der Waals surface area contributed by atoms with Crippen molar-refractivity contribution in [2.24, 2.45) is 0 Å². The molecule has 0 unspecified atom stereocenters. The number of fused-ring (bicyclic) bond motifs is 1. The molecule has 1 aliphatic carbocycles. The van der Waals surface area contributed by atoms with Crippen molar-refractivity contribution in [3.05, 3.63) is 57.7 Å². The summed E-state index contributed by atoms with van der Waals surface area (Å²) in [6, 6.07) is 9.91. The molecule has 2 heterocycles. The van der Waals surface area contributed by atoms with Gasteiger partial charge in [-0.15, -0.1) is 11.3 Å². The zero-order valence-corrected chi connectivity index (χ0v) is 14.6. The predicted molar refractivity (Wildman–Crippen MR) is 96.4 cm³/mol. The summed E-state index contributed by atoms with van der Waals surface area (Å²) in [6.07, 6.45) is 4.20. The van der Waals surface area contributed by atoms with Crippen LogP contribution < -0.4 is 0 Å². The lowest BCUT2D eigenvalue weighted by Gasteiger charge is -2.18. The van der Waals surface area contributed by atoms with E-state index in [1.54, 1.807) is 16.2 Å². The fourth-order valence-electron chi connectivity index (χ4n) is 2.95. The van der Waals surface area contributed by atoms with Crippen molar-refractivity contribution in [1.29, 1.82) is 0 Å². The first-order valence-electron chi connectivity index (χ1n) is 8.18. The number of rotatable bonds is 4. The summed E-state index contributed by atoms with van der Waals surface area (Å²) < 4.78 is 0. The maximum atomic E-state index is 13.0. The minimum atomic E-state index is 0.0431. The summed E-state index contributed by atoms with van der Waals surface area (Å²) in [5.41, 5.74) is 2.72. The second kappa shape index (κ2) is 5.98. The highest BCUT2D eigenvalue weighted by Crippen LogP contribution is 2.40. The Labute approximate surface area is 145 Å². The number of nitrogens with zero attached hydrogens (tertiary/aromatic N) is 3. The van der Waals surface area contributed by atoms with E-state index in [2.05, 4.69) is 4.98 Å². The zero-order valence-electron chi connectivity index (χ0n) is 13.8. The number of aromatic nitrogens is 2. The molecule has 122 valence electrons. The molecule has 1 amide bonds. The van der Waals surface area contributed by atoms with Gasteiger partial charge >= 0.3 is 0 Å². The van der Waals surface area contributed by atoms with Gasteiger partial charge in [-0.3, -0.25) is 9.78 Å². The van der Waals surface area contributed by atoms with Crippen LogP contribution in [0.15, 0.2) is 36.5 Å². The van der Waals surface area contributed by atoms with Crippen molar-refractivity contribution in [2.45, 2.75) is 32.2 Å². The number of hydrogen-bond donors (Lipinski definition) is 0. The number of pyridine rings is 1. The highest BCUT2D eigenvalue weighted by Gasteiger charge is 2.27. The predicted octanol–water partition coefficient (Wildman–Crippen LogP) is 4.15. The minimum absolute atomic E-state index is 0.0431. The third-order valence-electron chi connectivity index (χ3n) is 4.37. The van der Waals surface area contributed by atoms with Crippen LogP contribution in [0.5, 0.6) is 0 Å². The molecule has 0 spiro atoms. The van der Waals surface area contributed by atoms with Crippen LogP contribution in [-0.2, 0) is 6.54 Å². The molecule has 4 rings (SSSR count). The molecule has 3 aromatic rings. The molecule has 0 bridgehead atoms. The van der Waals surface area contributed by atoms with Gasteiger partial charge in [0, 0.05) is 35.1 Å². The summed E-state index contributed by atoms with van der Waals surface area (Å²) in [5, 5.41) is 1.95. The highest BCUT2D eigenvalue weighted by molar-refractivity contribution is 7.11. The SMILES string of the molecule is Cc1ncc(CN(C)C(=O)c2cc(C3CC3)nc3ccccc23)s1. The van der Waals surface area contributed by atoms with Crippen LogP contribution in [-0.4, -0.2) is 27.8 Å². The van der Waals surface area contributed by atoms with Crippen LogP contribution in [0.1, 0.15) is 44.7 Å². The topological polar surface area (TPSA) is 46.1 Å². The standard InChI is InChI=1S/C19H19N3OS/c1-12-20-10-14(24-12)11-22(2)19(23)16-9-18(13-7-8-13)21-17-6-4-3-5-15(16)17/h3-6,9-10,13H,7-8,11H2,1-2H3. The fraction of sp³-hybridized carbons (Fsp3) is 0.316. The number of carbonyl (C=O) groups is 1. The van der Waals surface area contributed by atoms with Crippen molar-refractivity contribution < 1.29 is 4.79 Å². The zero-order chi connectivity index (χ0) is 16.7. The number of para-hydroxylation sites is 1. The molecule has 2 aromatic heterocycles. The molecule has 0 aliphatic heterocycles. The van der Waals surface area contributed by atoms with Gasteiger partial charge in [-0.25, -0.2) is 4.98 Å². The Kier molecular flexibility index (Phi) is 3.81. The largest absolute Gasteiger partial charge is 0.336 e. The van der Waals surface area contributed by atoms with Gasteiger partial charge in [-0.2, -0.15) is 0 Å². The van der Waals surface area contributed by atoms with E-state index in [1.807, 2.05) is 50.5 Å². The molecule has 0 atom stereocenters. The Balaban J connectivity index is 1.70. The molecule has 0 saturated heterocycles. The fourth-order valence-corrected chi connectivity index (χ4v) is 3.80. The molecule has 1 saturated carbocycles. The molecule has 5 heteroatoms. The molecule has 1 aliphatic rings. The number of benzene rings is 1.